The Labute approximate surface area is 130 Å². The number of nitrogens with one attached hydrogen (secondary N) is 1. The fourth-order valence-corrected chi connectivity index (χ4v) is 3.49. The summed E-state index contributed by atoms with van der Waals surface area (Å²) >= 11 is 0. The molecule has 1 aliphatic carbocycles. The summed E-state index contributed by atoms with van der Waals surface area (Å²) in [5.74, 6) is 2.56. The Morgan fingerprint density at radius 3 is 2.43 bits per heavy atom. The van der Waals surface area contributed by atoms with Gasteiger partial charge in [0.15, 0.2) is 0 Å². The second-order valence-corrected chi connectivity index (χ2v) is 6.55. The molecular formula is C18H31N3. The summed E-state index contributed by atoms with van der Waals surface area (Å²) in [6, 6.07) is 0. The van der Waals surface area contributed by atoms with E-state index in [1.54, 1.807) is 0 Å². The number of hydrogen-bond donors (Lipinski definition) is 1. The van der Waals surface area contributed by atoms with Gasteiger partial charge in [0, 0.05) is 29.4 Å². The van der Waals surface area contributed by atoms with Gasteiger partial charge in [0.05, 0.1) is 0 Å². The van der Waals surface area contributed by atoms with Crippen LogP contribution in [0.1, 0.15) is 81.1 Å². The quantitative estimate of drug-likeness (QED) is 0.794. The van der Waals surface area contributed by atoms with Gasteiger partial charge in [-0.2, -0.15) is 0 Å². The van der Waals surface area contributed by atoms with E-state index in [2.05, 4.69) is 33.0 Å². The monoisotopic (exact) mass is 289 g/mol. The number of rotatable bonds is 6. The molecule has 1 aromatic heterocycles. The molecule has 2 atom stereocenters. The summed E-state index contributed by atoms with van der Waals surface area (Å²) in [6.07, 6.45) is 7.74. The molecule has 21 heavy (non-hydrogen) atoms. The van der Waals surface area contributed by atoms with E-state index in [4.69, 9.17) is 9.97 Å². The van der Waals surface area contributed by atoms with Gasteiger partial charge in [-0.3, -0.25) is 0 Å². The Morgan fingerprint density at radius 2 is 1.81 bits per heavy atom. The Hall–Kier alpha value is -0.960. The molecule has 1 aromatic rings. The summed E-state index contributed by atoms with van der Waals surface area (Å²) in [6.45, 7) is 10.7. The van der Waals surface area contributed by atoms with Gasteiger partial charge in [-0.1, -0.05) is 33.1 Å². The Kier molecular flexibility index (Phi) is 6.16. The van der Waals surface area contributed by atoms with Crippen molar-refractivity contribution in [3.05, 3.63) is 22.8 Å². The van der Waals surface area contributed by atoms with Crippen molar-refractivity contribution in [2.45, 2.75) is 78.7 Å². The van der Waals surface area contributed by atoms with Crippen molar-refractivity contribution in [2.24, 2.45) is 5.92 Å². The van der Waals surface area contributed by atoms with Gasteiger partial charge in [0.1, 0.15) is 5.82 Å². The molecule has 0 bridgehead atoms. The van der Waals surface area contributed by atoms with Gasteiger partial charge in [-0.25, -0.2) is 9.97 Å². The van der Waals surface area contributed by atoms with Crippen LogP contribution in [-0.2, 0) is 6.54 Å². The standard InChI is InChI=1S/C18H31N3/c1-5-10-19-12-17-13(3)20-18(21-14(17)4)16-9-7-8-15(6-2)11-16/h15-16,19H,5-12H2,1-4H3. The van der Waals surface area contributed by atoms with Crippen LogP contribution in [-0.4, -0.2) is 16.5 Å². The molecule has 0 saturated heterocycles. The molecule has 0 amide bonds. The van der Waals surface area contributed by atoms with Crippen LogP contribution in [0.4, 0.5) is 0 Å². The highest BCUT2D eigenvalue weighted by molar-refractivity contribution is 5.25. The summed E-state index contributed by atoms with van der Waals surface area (Å²) in [4.78, 5) is 9.71. The Balaban J connectivity index is 2.11. The van der Waals surface area contributed by atoms with Crippen molar-refractivity contribution >= 4 is 0 Å². The fourth-order valence-electron chi connectivity index (χ4n) is 3.49. The maximum absolute atomic E-state index is 4.85. The molecule has 0 aromatic carbocycles. The molecule has 2 unspecified atom stereocenters. The van der Waals surface area contributed by atoms with E-state index in [1.165, 1.54) is 49.1 Å². The van der Waals surface area contributed by atoms with Crippen molar-refractivity contribution in [1.82, 2.24) is 15.3 Å². The second-order valence-electron chi connectivity index (χ2n) is 6.55. The topological polar surface area (TPSA) is 37.8 Å². The summed E-state index contributed by atoms with van der Waals surface area (Å²) in [5, 5.41) is 3.47. The zero-order chi connectivity index (χ0) is 15.2. The third-order valence-electron chi connectivity index (χ3n) is 4.89. The van der Waals surface area contributed by atoms with Gasteiger partial charge in [-0.05, 0) is 45.6 Å². The zero-order valence-corrected chi connectivity index (χ0v) is 14.2. The molecule has 1 fully saturated rings. The number of hydrogen-bond acceptors (Lipinski definition) is 3. The molecule has 3 nitrogen and oxygen atoms in total. The van der Waals surface area contributed by atoms with Crippen LogP contribution < -0.4 is 5.32 Å². The highest BCUT2D eigenvalue weighted by Gasteiger charge is 2.25. The van der Waals surface area contributed by atoms with Crippen LogP contribution >= 0.6 is 0 Å². The van der Waals surface area contributed by atoms with Crippen molar-refractivity contribution < 1.29 is 0 Å². The predicted molar refractivity (Wildman–Crippen MR) is 88.5 cm³/mol. The summed E-state index contributed by atoms with van der Waals surface area (Å²) < 4.78 is 0. The van der Waals surface area contributed by atoms with Gasteiger partial charge in [-0.15, -0.1) is 0 Å². The highest BCUT2D eigenvalue weighted by atomic mass is 14.9. The van der Waals surface area contributed by atoms with E-state index in [0.29, 0.717) is 5.92 Å². The van der Waals surface area contributed by atoms with Crippen LogP contribution in [0.25, 0.3) is 0 Å². The molecule has 2 rings (SSSR count). The lowest BCUT2D eigenvalue weighted by Gasteiger charge is -2.28. The summed E-state index contributed by atoms with van der Waals surface area (Å²) in [7, 11) is 0. The SMILES string of the molecule is CCCNCc1c(C)nc(C2CCCC(CC)C2)nc1C. The minimum absolute atomic E-state index is 0.582. The molecule has 1 saturated carbocycles. The van der Waals surface area contributed by atoms with Crippen LogP contribution in [0.3, 0.4) is 0 Å². The van der Waals surface area contributed by atoms with E-state index in [1.807, 2.05) is 0 Å². The third-order valence-corrected chi connectivity index (χ3v) is 4.89. The first-order valence-electron chi connectivity index (χ1n) is 8.70. The predicted octanol–water partition coefficient (Wildman–Crippen LogP) is 4.28. The van der Waals surface area contributed by atoms with Gasteiger partial charge >= 0.3 is 0 Å². The van der Waals surface area contributed by atoms with E-state index in [9.17, 15) is 0 Å². The number of nitrogens with zero attached hydrogens (tertiary/aromatic N) is 2. The molecule has 3 heteroatoms. The molecule has 0 aliphatic heterocycles. The largest absolute Gasteiger partial charge is 0.313 e. The minimum Gasteiger partial charge on any atom is -0.313 e. The first-order valence-corrected chi connectivity index (χ1v) is 8.70. The third kappa shape index (κ3) is 4.26. The van der Waals surface area contributed by atoms with Gasteiger partial charge < -0.3 is 5.32 Å². The molecule has 0 radical (unpaired) electrons. The van der Waals surface area contributed by atoms with Crippen LogP contribution in [0.15, 0.2) is 0 Å². The van der Waals surface area contributed by atoms with E-state index in [0.717, 1.165) is 31.3 Å². The first-order chi connectivity index (χ1) is 10.2. The normalized spacial score (nSPS) is 22.5. The second kappa shape index (κ2) is 7.88. The van der Waals surface area contributed by atoms with Gasteiger partial charge in [0.25, 0.3) is 0 Å². The highest BCUT2D eigenvalue weighted by Crippen LogP contribution is 2.36. The maximum atomic E-state index is 4.85. The van der Waals surface area contributed by atoms with Gasteiger partial charge in [0.2, 0.25) is 0 Å². The molecule has 0 spiro atoms. The van der Waals surface area contributed by atoms with Crippen molar-refractivity contribution in [1.29, 1.82) is 0 Å². The Morgan fingerprint density at radius 1 is 1.10 bits per heavy atom. The maximum Gasteiger partial charge on any atom is 0.131 e. The smallest absolute Gasteiger partial charge is 0.131 e. The average molecular weight is 289 g/mol. The molecule has 118 valence electrons. The van der Waals surface area contributed by atoms with E-state index in [-0.39, 0.29) is 0 Å². The van der Waals surface area contributed by atoms with E-state index >= 15 is 0 Å². The van der Waals surface area contributed by atoms with Crippen molar-refractivity contribution in [3.63, 3.8) is 0 Å². The molecule has 1 heterocycles. The van der Waals surface area contributed by atoms with E-state index < -0.39 is 0 Å². The molecule has 1 aliphatic rings. The van der Waals surface area contributed by atoms with Crippen molar-refractivity contribution in [3.8, 4) is 0 Å². The number of aryl methyl sites for hydroxylation is 2. The lowest BCUT2D eigenvalue weighted by Crippen LogP contribution is -2.20. The average Bonchev–Trinajstić information content (AvgIpc) is 2.50. The van der Waals surface area contributed by atoms with Crippen LogP contribution in [0, 0.1) is 19.8 Å². The van der Waals surface area contributed by atoms with Crippen molar-refractivity contribution in [2.75, 3.05) is 6.54 Å². The minimum atomic E-state index is 0.582. The zero-order valence-electron chi connectivity index (χ0n) is 14.2. The summed E-state index contributed by atoms with van der Waals surface area (Å²) in [5.41, 5.74) is 3.62. The molecular weight excluding hydrogens is 258 g/mol. The fraction of sp³-hybridized carbons (Fsp3) is 0.778. The Bertz CT molecular complexity index is 433. The lowest BCUT2D eigenvalue weighted by molar-refractivity contribution is 0.306. The van der Waals surface area contributed by atoms with Crippen LogP contribution in [0.5, 0.6) is 0 Å². The first kappa shape index (κ1) is 16.4. The lowest BCUT2D eigenvalue weighted by atomic mass is 9.80. The van der Waals surface area contributed by atoms with Crippen LogP contribution in [0.2, 0.25) is 0 Å². The molecule has 1 N–H and O–H groups in total. The number of aromatic nitrogens is 2.